The highest BCUT2D eigenvalue weighted by Gasteiger charge is 2.06. The van der Waals surface area contributed by atoms with Crippen LogP contribution in [0.2, 0.25) is 0 Å². The molecule has 0 heterocycles. The first-order valence-corrected chi connectivity index (χ1v) is 8.56. The minimum Gasteiger partial charge on any atom is -0.455 e. The van der Waals surface area contributed by atoms with Crippen molar-refractivity contribution in [2.75, 3.05) is 6.54 Å². The second-order valence-electron chi connectivity index (χ2n) is 5.32. The lowest BCUT2D eigenvalue weighted by Gasteiger charge is -2.12. The fourth-order valence-electron chi connectivity index (χ4n) is 1.89. The highest BCUT2D eigenvalue weighted by Crippen LogP contribution is 2.34. The van der Waals surface area contributed by atoms with Crippen LogP contribution in [0, 0.1) is 5.92 Å². The van der Waals surface area contributed by atoms with Crippen molar-refractivity contribution in [3.63, 3.8) is 0 Å². The predicted molar refractivity (Wildman–Crippen MR) is 94.9 cm³/mol. The molecule has 0 saturated heterocycles. The lowest BCUT2D eigenvalue weighted by Crippen LogP contribution is -2.18. The van der Waals surface area contributed by atoms with Crippen LogP contribution in [0.25, 0.3) is 0 Å². The molecule has 0 aliphatic rings. The summed E-state index contributed by atoms with van der Waals surface area (Å²) in [7, 11) is 0. The zero-order valence-electron chi connectivity index (χ0n) is 12.2. The van der Waals surface area contributed by atoms with Crippen LogP contribution in [0.5, 0.6) is 11.5 Å². The minimum atomic E-state index is 0.659. The van der Waals surface area contributed by atoms with Gasteiger partial charge < -0.3 is 10.1 Å². The molecule has 0 fully saturated rings. The first-order chi connectivity index (χ1) is 10.1. The first-order valence-electron chi connectivity index (χ1n) is 6.98. The Bertz CT molecular complexity index is 599. The van der Waals surface area contributed by atoms with Crippen LogP contribution < -0.4 is 10.1 Å². The molecule has 0 saturated carbocycles. The largest absolute Gasteiger partial charge is 0.455 e. The Morgan fingerprint density at radius 3 is 2.38 bits per heavy atom. The predicted octanol–water partition coefficient (Wildman–Crippen LogP) is 5.75. The molecule has 0 bridgehead atoms. The summed E-state index contributed by atoms with van der Waals surface area (Å²) in [6.07, 6.45) is 0. The summed E-state index contributed by atoms with van der Waals surface area (Å²) < 4.78 is 7.83. The topological polar surface area (TPSA) is 21.3 Å². The summed E-state index contributed by atoms with van der Waals surface area (Å²) in [6.45, 7) is 6.30. The van der Waals surface area contributed by atoms with Crippen molar-refractivity contribution in [3.05, 3.63) is 57.0 Å². The molecule has 112 valence electrons. The van der Waals surface area contributed by atoms with Gasteiger partial charge in [-0.1, -0.05) is 32.0 Å². The van der Waals surface area contributed by atoms with Gasteiger partial charge in [-0.3, -0.25) is 0 Å². The Balaban J connectivity index is 2.04. The quantitative estimate of drug-likeness (QED) is 0.652. The van der Waals surface area contributed by atoms with E-state index in [2.05, 4.69) is 63.2 Å². The van der Waals surface area contributed by atoms with Crippen molar-refractivity contribution in [1.82, 2.24) is 5.32 Å². The Hall–Kier alpha value is -0.840. The van der Waals surface area contributed by atoms with Crippen LogP contribution in [0.15, 0.2) is 51.4 Å². The van der Waals surface area contributed by atoms with Crippen LogP contribution in [-0.2, 0) is 6.54 Å². The van der Waals surface area contributed by atoms with E-state index in [0.29, 0.717) is 5.92 Å². The minimum absolute atomic E-state index is 0.659. The van der Waals surface area contributed by atoms with E-state index in [0.717, 1.165) is 33.5 Å². The molecular formula is C17H19Br2NO. The van der Waals surface area contributed by atoms with Gasteiger partial charge in [0.2, 0.25) is 0 Å². The number of rotatable bonds is 6. The van der Waals surface area contributed by atoms with E-state index >= 15 is 0 Å². The van der Waals surface area contributed by atoms with Gasteiger partial charge in [-0.2, -0.15) is 0 Å². The van der Waals surface area contributed by atoms with Crippen LogP contribution in [0.3, 0.4) is 0 Å². The third kappa shape index (κ3) is 5.13. The number of ether oxygens (including phenoxy) is 1. The number of hydrogen-bond acceptors (Lipinski definition) is 2. The fraction of sp³-hybridized carbons (Fsp3) is 0.294. The van der Waals surface area contributed by atoms with Crippen molar-refractivity contribution >= 4 is 31.9 Å². The van der Waals surface area contributed by atoms with E-state index in [1.165, 1.54) is 5.56 Å². The monoisotopic (exact) mass is 411 g/mol. The highest BCUT2D eigenvalue weighted by molar-refractivity contribution is 9.11. The second-order valence-corrected chi connectivity index (χ2v) is 7.03. The maximum absolute atomic E-state index is 5.92. The molecule has 0 amide bonds. The number of para-hydroxylation sites is 1. The molecule has 2 aromatic carbocycles. The maximum atomic E-state index is 5.92. The zero-order chi connectivity index (χ0) is 15.2. The molecule has 0 spiro atoms. The van der Waals surface area contributed by atoms with Crippen molar-refractivity contribution in [1.29, 1.82) is 0 Å². The molecule has 1 N–H and O–H groups in total. The first kappa shape index (κ1) is 16.5. The summed E-state index contributed by atoms with van der Waals surface area (Å²) in [4.78, 5) is 0. The Morgan fingerprint density at radius 1 is 1.00 bits per heavy atom. The summed E-state index contributed by atoms with van der Waals surface area (Å²) in [5, 5.41) is 3.44. The van der Waals surface area contributed by atoms with Crippen molar-refractivity contribution in [3.8, 4) is 11.5 Å². The number of benzene rings is 2. The van der Waals surface area contributed by atoms with Gasteiger partial charge in [0, 0.05) is 6.54 Å². The van der Waals surface area contributed by atoms with E-state index in [4.69, 9.17) is 4.74 Å². The standard InChI is InChI=1S/C17H19Br2NO/c1-12(2)10-20-11-13-7-8-17(15(19)9-13)21-16-6-4-3-5-14(16)18/h3-9,12,20H,10-11H2,1-2H3. The number of hydrogen-bond donors (Lipinski definition) is 1. The molecule has 0 aromatic heterocycles. The van der Waals surface area contributed by atoms with Crippen LogP contribution in [-0.4, -0.2) is 6.54 Å². The Labute approximate surface area is 143 Å². The molecule has 0 atom stereocenters. The SMILES string of the molecule is CC(C)CNCc1ccc(Oc2ccccc2Br)c(Br)c1. The van der Waals surface area contributed by atoms with Crippen molar-refractivity contribution in [2.24, 2.45) is 5.92 Å². The molecule has 2 nitrogen and oxygen atoms in total. The molecule has 0 unspecified atom stereocenters. The third-order valence-corrected chi connectivity index (χ3v) is 4.21. The fourth-order valence-corrected chi connectivity index (χ4v) is 2.76. The molecule has 4 heteroatoms. The van der Waals surface area contributed by atoms with Gasteiger partial charge in [-0.25, -0.2) is 0 Å². The molecule has 0 aliphatic heterocycles. The number of nitrogens with one attached hydrogen (secondary N) is 1. The van der Waals surface area contributed by atoms with E-state index < -0.39 is 0 Å². The average molecular weight is 413 g/mol. The highest BCUT2D eigenvalue weighted by atomic mass is 79.9. The smallest absolute Gasteiger partial charge is 0.141 e. The summed E-state index contributed by atoms with van der Waals surface area (Å²) in [5.41, 5.74) is 1.24. The molecular weight excluding hydrogens is 394 g/mol. The van der Waals surface area contributed by atoms with Gasteiger partial charge in [-0.05, 0) is 74.2 Å². The van der Waals surface area contributed by atoms with E-state index in [-0.39, 0.29) is 0 Å². The van der Waals surface area contributed by atoms with Crippen LogP contribution >= 0.6 is 31.9 Å². The van der Waals surface area contributed by atoms with Crippen molar-refractivity contribution in [2.45, 2.75) is 20.4 Å². The van der Waals surface area contributed by atoms with Crippen molar-refractivity contribution < 1.29 is 4.74 Å². The molecule has 21 heavy (non-hydrogen) atoms. The van der Waals surface area contributed by atoms with Gasteiger partial charge in [0.25, 0.3) is 0 Å². The summed E-state index contributed by atoms with van der Waals surface area (Å²) in [6, 6.07) is 14.0. The summed E-state index contributed by atoms with van der Waals surface area (Å²) >= 11 is 7.07. The van der Waals surface area contributed by atoms with Gasteiger partial charge in [0.05, 0.1) is 8.95 Å². The summed E-state index contributed by atoms with van der Waals surface area (Å²) in [5.74, 6) is 2.28. The molecule has 0 aliphatic carbocycles. The van der Waals surface area contributed by atoms with Gasteiger partial charge in [0.1, 0.15) is 11.5 Å². The lowest BCUT2D eigenvalue weighted by atomic mass is 10.2. The average Bonchev–Trinajstić information content (AvgIpc) is 2.43. The normalized spacial score (nSPS) is 10.9. The maximum Gasteiger partial charge on any atom is 0.141 e. The van der Waals surface area contributed by atoms with Crippen LogP contribution in [0.1, 0.15) is 19.4 Å². The lowest BCUT2D eigenvalue weighted by molar-refractivity contribution is 0.476. The van der Waals surface area contributed by atoms with E-state index in [9.17, 15) is 0 Å². The Morgan fingerprint density at radius 2 is 1.71 bits per heavy atom. The second kappa shape index (κ2) is 7.97. The molecule has 0 radical (unpaired) electrons. The molecule has 2 aromatic rings. The van der Waals surface area contributed by atoms with Gasteiger partial charge in [0.15, 0.2) is 0 Å². The van der Waals surface area contributed by atoms with Gasteiger partial charge in [-0.15, -0.1) is 0 Å². The van der Waals surface area contributed by atoms with E-state index in [1.54, 1.807) is 0 Å². The molecule has 2 rings (SSSR count). The third-order valence-electron chi connectivity index (χ3n) is 2.93. The van der Waals surface area contributed by atoms with E-state index in [1.807, 2.05) is 30.3 Å². The number of halogens is 2. The van der Waals surface area contributed by atoms with Gasteiger partial charge >= 0.3 is 0 Å². The Kier molecular flexibility index (Phi) is 6.27. The van der Waals surface area contributed by atoms with Crippen LogP contribution in [0.4, 0.5) is 0 Å². The zero-order valence-corrected chi connectivity index (χ0v) is 15.4.